The van der Waals surface area contributed by atoms with Gasteiger partial charge >= 0.3 is 11.9 Å². The number of halogens is 4. The van der Waals surface area contributed by atoms with Crippen LogP contribution < -0.4 is 27.8 Å². The van der Waals surface area contributed by atoms with E-state index >= 15 is 0 Å². The summed E-state index contributed by atoms with van der Waals surface area (Å²) >= 11 is 5.79. The zero-order valence-corrected chi connectivity index (χ0v) is 20.1. The number of fused-ring (bicyclic) bond motifs is 1. The molecule has 5 aromatic rings. The molecule has 0 atom stereocenters. The first-order valence-electron chi connectivity index (χ1n) is 11.1. The van der Waals surface area contributed by atoms with Crippen LogP contribution >= 0.6 is 11.6 Å². The third kappa shape index (κ3) is 4.27. The number of aromatic amines is 1. The molecule has 3 aromatic carbocycles. The third-order valence-corrected chi connectivity index (χ3v) is 6.29. The Morgan fingerprint density at radius 3 is 2.42 bits per heavy atom. The van der Waals surface area contributed by atoms with Crippen molar-refractivity contribution in [1.29, 1.82) is 0 Å². The van der Waals surface area contributed by atoms with Gasteiger partial charge in [-0.25, -0.2) is 15.2 Å². The van der Waals surface area contributed by atoms with E-state index in [2.05, 4.69) is 9.97 Å². The van der Waals surface area contributed by atoms with Crippen molar-refractivity contribution in [3.63, 3.8) is 0 Å². The zero-order chi connectivity index (χ0) is 27.2. The number of rotatable bonds is 4. The molecule has 0 aliphatic carbocycles. The van der Waals surface area contributed by atoms with Gasteiger partial charge in [0.1, 0.15) is 5.69 Å². The Bertz CT molecular complexity index is 1810. The molecule has 0 bridgehead atoms. The van der Waals surface area contributed by atoms with Crippen molar-refractivity contribution in [2.24, 2.45) is 5.84 Å². The second-order valence-electron chi connectivity index (χ2n) is 8.30. The van der Waals surface area contributed by atoms with Crippen LogP contribution in [0.2, 0.25) is 5.02 Å². The summed E-state index contributed by atoms with van der Waals surface area (Å²) in [6, 6.07) is 16.3. The number of benzene rings is 3. The molecular formula is C26H18ClF3N6O2. The predicted molar refractivity (Wildman–Crippen MR) is 141 cm³/mol. The lowest BCUT2D eigenvalue weighted by Gasteiger charge is -2.23. The van der Waals surface area contributed by atoms with Gasteiger partial charge in [-0.3, -0.25) is 14.8 Å². The van der Waals surface area contributed by atoms with Gasteiger partial charge in [0, 0.05) is 22.5 Å². The fourth-order valence-corrected chi connectivity index (χ4v) is 4.41. The maximum Gasteiger partial charge on any atom is 0.417 e. The highest BCUT2D eigenvalue weighted by Gasteiger charge is 2.34. The lowest BCUT2D eigenvalue weighted by molar-refractivity contribution is -0.137. The molecule has 2 heterocycles. The standard InChI is InChI=1S/C26H18ClF3N6O2/c27-18-10-9-14(11-17(18)26(28,29)30)22-23(36(32)20-8-4-3-7-19(20)31)24(37)35(25(38)34-22)21-13-33-12-15-5-1-2-6-16(15)21/h1-13H,31-32H2,(H,34,38). The number of nitrogens with zero attached hydrogens (tertiary/aromatic N) is 3. The normalized spacial score (nSPS) is 11.6. The van der Waals surface area contributed by atoms with Crippen LogP contribution in [0.25, 0.3) is 27.7 Å². The number of hydrogen-bond acceptors (Lipinski definition) is 6. The Labute approximate surface area is 217 Å². The fourth-order valence-electron chi connectivity index (χ4n) is 4.18. The Morgan fingerprint density at radius 2 is 1.68 bits per heavy atom. The molecule has 0 saturated heterocycles. The second-order valence-corrected chi connectivity index (χ2v) is 8.70. The molecule has 0 spiro atoms. The van der Waals surface area contributed by atoms with Crippen molar-refractivity contribution in [3.05, 3.63) is 111 Å². The lowest BCUT2D eigenvalue weighted by Crippen LogP contribution is -2.41. The average Bonchev–Trinajstić information content (AvgIpc) is 2.88. The van der Waals surface area contributed by atoms with E-state index in [0.29, 0.717) is 10.8 Å². The van der Waals surface area contributed by atoms with Crippen LogP contribution in [0.4, 0.5) is 30.2 Å². The van der Waals surface area contributed by atoms with Gasteiger partial charge in [-0.1, -0.05) is 54.1 Å². The van der Waals surface area contributed by atoms with Crippen LogP contribution in [0.1, 0.15) is 5.56 Å². The molecular weight excluding hydrogens is 521 g/mol. The Balaban J connectivity index is 1.86. The number of anilines is 3. The van der Waals surface area contributed by atoms with Gasteiger partial charge in [-0.2, -0.15) is 13.2 Å². The topological polar surface area (TPSA) is 123 Å². The van der Waals surface area contributed by atoms with Gasteiger partial charge in [0.25, 0.3) is 5.56 Å². The molecule has 8 nitrogen and oxygen atoms in total. The van der Waals surface area contributed by atoms with E-state index < -0.39 is 28.0 Å². The minimum atomic E-state index is -4.79. The summed E-state index contributed by atoms with van der Waals surface area (Å²) in [5.74, 6) is 6.37. The number of nitrogen functional groups attached to an aromatic ring is 1. The molecule has 0 fully saturated rings. The first kappa shape index (κ1) is 25.1. The van der Waals surface area contributed by atoms with Crippen LogP contribution in [0.15, 0.2) is 88.7 Å². The van der Waals surface area contributed by atoms with Crippen molar-refractivity contribution in [2.45, 2.75) is 6.18 Å². The highest BCUT2D eigenvalue weighted by molar-refractivity contribution is 6.31. The number of hydrogen-bond donors (Lipinski definition) is 3. The molecule has 2 aromatic heterocycles. The first-order chi connectivity index (χ1) is 18.1. The highest BCUT2D eigenvalue weighted by Crippen LogP contribution is 2.39. The smallest absolute Gasteiger partial charge is 0.397 e. The number of nitrogens with one attached hydrogen (secondary N) is 1. The number of nitrogens with two attached hydrogens (primary N) is 2. The number of para-hydroxylation sites is 2. The van der Waals surface area contributed by atoms with Crippen LogP contribution in [-0.2, 0) is 6.18 Å². The summed E-state index contributed by atoms with van der Waals surface area (Å²) < 4.78 is 41.7. The first-order valence-corrected chi connectivity index (χ1v) is 11.4. The lowest BCUT2D eigenvalue weighted by atomic mass is 10.1. The minimum Gasteiger partial charge on any atom is -0.397 e. The molecule has 0 unspecified atom stereocenters. The number of pyridine rings is 1. The van der Waals surface area contributed by atoms with Crippen LogP contribution in [-0.4, -0.2) is 14.5 Å². The molecule has 192 valence electrons. The van der Waals surface area contributed by atoms with E-state index in [1.165, 1.54) is 24.4 Å². The molecule has 0 radical (unpaired) electrons. The second kappa shape index (κ2) is 9.36. The quantitative estimate of drug-likeness (QED) is 0.168. The average molecular weight is 539 g/mol. The van der Waals surface area contributed by atoms with E-state index in [0.717, 1.165) is 21.7 Å². The Morgan fingerprint density at radius 1 is 0.974 bits per heavy atom. The molecule has 0 amide bonds. The van der Waals surface area contributed by atoms with E-state index in [1.807, 2.05) is 0 Å². The predicted octanol–water partition coefficient (Wildman–Crippen LogP) is 5.01. The van der Waals surface area contributed by atoms with Crippen LogP contribution in [0.3, 0.4) is 0 Å². The number of alkyl halides is 3. The summed E-state index contributed by atoms with van der Waals surface area (Å²) in [6.07, 6.45) is -1.88. The van der Waals surface area contributed by atoms with Crippen molar-refractivity contribution in [2.75, 3.05) is 10.7 Å². The van der Waals surface area contributed by atoms with Gasteiger partial charge in [0.05, 0.1) is 39.5 Å². The van der Waals surface area contributed by atoms with Gasteiger partial charge in [0.15, 0.2) is 0 Å². The van der Waals surface area contributed by atoms with Gasteiger partial charge in [-0.05, 0) is 24.3 Å². The van der Waals surface area contributed by atoms with Gasteiger partial charge < -0.3 is 10.7 Å². The summed E-state index contributed by atoms with van der Waals surface area (Å²) in [6.45, 7) is 0. The summed E-state index contributed by atoms with van der Waals surface area (Å²) in [4.78, 5) is 34.0. The number of aromatic nitrogens is 3. The molecule has 0 aliphatic heterocycles. The zero-order valence-electron chi connectivity index (χ0n) is 19.3. The largest absolute Gasteiger partial charge is 0.417 e. The number of hydrazine groups is 1. The summed E-state index contributed by atoms with van der Waals surface area (Å²) in [5.41, 5.74) is 2.92. The van der Waals surface area contributed by atoms with Crippen molar-refractivity contribution >= 4 is 39.4 Å². The summed E-state index contributed by atoms with van der Waals surface area (Å²) in [5, 5.41) is 1.59. The van der Waals surface area contributed by atoms with Gasteiger partial charge in [0.2, 0.25) is 0 Å². The SMILES string of the molecule is Nc1ccccc1N(N)c1c(-c2ccc(Cl)c(C(F)(F)F)c2)[nH]c(=O)n(-c2cncc3ccccc23)c1=O. The van der Waals surface area contributed by atoms with Gasteiger partial charge in [-0.15, -0.1) is 0 Å². The van der Waals surface area contributed by atoms with E-state index in [1.54, 1.807) is 42.6 Å². The van der Waals surface area contributed by atoms with E-state index in [-0.39, 0.29) is 34.0 Å². The molecule has 5 rings (SSSR count). The van der Waals surface area contributed by atoms with Crippen molar-refractivity contribution in [1.82, 2.24) is 14.5 Å². The third-order valence-electron chi connectivity index (χ3n) is 5.96. The molecule has 0 aliphatic rings. The maximum atomic E-state index is 14.0. The van der Waals surface area contributed by atoms with E-state index in [9.17, 15) is 22.8 Å². The van der Waals surface area contributed by atoms with Crippen molar-refractivity contribution < 1.29 is 13.2 Å². The minimum absolute atomic E-state index is 0.140. The van der Waals surface area contributed by atoms with E-state index in [4.69, 9.17) is 23.2 Å². The molecule has 5 N–H and O–H groups in total. The van der Waals surface area contributed by atoms with Crippen LogP contribution in [0, 0.1) is 0 Å². The Kier molecular flexibility index (Phi) is 6.17. The van der Waals surface area contributed by atoms with Crippen LogP contribution in [0.5, 0.6) is 0 Å². The molecule has 38 heavy (non-hydrogen) atoms. The molecule has 0 saturated carbocycles. The number of H-pyrrole nitrogens is 1. The highest BCUT2D eigenvalue weighted by atomic mass is 35.5. The monoisotopic (exact) mass is 538 g/mol. The van der Waals surface area contributed by atoms with Crippen molar-refractivity contribution in [3.8, 4) is 16.9 Å². The fraction of sp³-hybridized carbons (Fsp3) is 0.0385. The maximum absolute atomic E-state index is 14.0. The Hall–Kier alpha value is -4.61. The molecule has 12 heteroatoms. The summed E-state index contributed by atoms with van der Waals surface area (Å²) in [7, 11) is 0.